The molecule has 1 aliphatic heterocycles. The summed E-state index contributed by atoms with van der Waals surface area (Å²) < 4.78 is 0. The molecule has 1 unspecified atom stereocenters. The maximum Gasteiger partial charge on any atom is 0.0340 e. The van der Waals surface area contributed by atoms with Crippen LogP contribution in [-0.2, 0) is 0 Å². The fourth-order valence-electron chi connectivity index (χ4n) is 4.13. The first-order valence-electron chi connectivity index (χ1n) is 8.10. The average Bonchev–Trinajstić information content (AvgIpc) is 2.53. The number of hydrogen-bond donors (Lipinski definition) is 1. The van der Waals surface area contributed by atoms with E-state index in [9.17, 15) is 0 Å². The molecule has 2 N–H and O–H groups in total. The molecule has 2 heteroatoms. The molecular formula is C16H32N2. The van der Waals surface area contributed by atoms with Gasteiger partial charge in [0, 0.05) is 18.1 Å². The van der Waals surface area contributed by atoms with E-state index in [1.54, 1.807) is 0 Å². The van der Waals surface area contributed by atoms with E-state index < -0.39 is 0 Å². The van der Waals surface area contributed by atoms with E-state index in [0.29, 0.717) is 5.54 Å². The van der Waals surface area contributed by atoms with Crippen molar-refractivity contribution in [2.24, 2.45) is 17.6 Å². The molecule has 2 nitrogen and oxygen atoms in total. The summed E-state index contributed by atoms with van der Waals surface area (Å²) >= 11 is 0. The number of likely N-dealkylation sites (tertiary alicyclic amines) is 1. The second-order valence-corrected chi connectivity index (χ2v) is 6.95. The summed E-state index contributed by atoms with van der Waals surface area (Å²) in [6.07, 6.45) is 9.60. The minimum atomic E-state index is 0.361. The number of nitrogens with two attached hydrogens (primary N) is 1. The fraction of sp³-hybridized carbons (Fsp3) is 1.00. The predicted molar refractivity (Wildman–Crippen MR) is 78.6 cm³/mol. The maximum atomic E-state index is 6.19. The molecule has 1 heterocycles. The Balaban J connectivity index is 2.06. The Labute approximate surface area is 113 Å². The number of nitrogens with zero attached hydrogens (tertiary/aromatic N) is 1. The Kier molecular flexibility index (Phi) is 4.71. The van der Waals surface area contributed by atoms with Crippen molar-refractivity contribution in [2.45, 2.75) is 77.3 Å². The van der Waals surface area contributed by atoms with E-state index >= 15 is 0 Å². The highest BCUT2D eigenvalue weighted by molar-refractivity contribution is 5.06. The van der Waals surface area contributed by atoms with Crippen molar-refractivity contribution in [1.82, 2.24) is 4.90 Å². The van der Waals surface area contributed by atoms with Crippen LogP contribution >= 0.6 is 0 Å². The van der Waals surface area contributed by atoms with Crippen LogP contribution in [0.5, 0.6) is 0 Å². The molecule has 2 rings (SSSR count). The second kappa shape index (κ2) is 5.92. The molecule has 0 amide bonds. The van der Waals surface area contributed by atoms with Crippen LogP contribution in [0.15, 0.2) is 0 Å². The van der Waals surface area contributed by atoms with E-state index in [4.69, 9.17) is 5.73 Å². The van der Waals surface area contributed by atoms with E-state index in [1.165, 1.54) is 51.5 Å². The Morgan fingerprint density at radius 1 is 1.22 bits per heavy atom. The SMILES string of the molecule is CCC1CCCCCN1C1(CN)CC(C(C)C)C1. The van der Waals surface area contributed by atoms with Gasteiger partial charge in [0.05, 0.1) is 0 Å². The topological polar surface area (TPSA) is 29.3 Å². The van der Waals surface area contributed by atoms with Gasteiger partial charge >= 0.3 is 0 Å². The van der Waals surface area contributed by atoms with Crippen LogP contribution in [0.25, 0.3) is 0 Å². The lowest BCUT2D eigenvalue weighted by molar-refractivity contribution is -0.0590. The van der Waals surface area contributed by atoms with Gasteiger partial charge in [-0.3, -0.25) is 4.90 Å². The average molecular weight is 252 g/mol. The minimum Gasteiger partial charge on any atom is -0.329 e. The molecule has 2 aliphatic rings. The zero-order valence-corrected chi connectivity index (χ0v) is 12.6. The molecule has 18 heavy (non-hydrogen) atoms. The molecular weight excluding hydrogens is 220 g/mol. The van der Waals surface area contributed by atoms with Gasteiger partial charge in [0.25, 0.3) is 0 Å². The van der Waals surface area contributed by atoms with Crippen molar-refractivity contribution < 1.29 is 0 Å². The molecule has 0 spiro atoms. The monoisotopic (exact) mass is 252 g/mol. The van der Waals surface area contributed by atoms with Gasteiger partial charge in [-0.1, -0.05) is 33.6 Å². The zero-order chi connectivity index (χ0) is 13.2. The van der Waals surface area contributed by atoms with Gasteiger partial charge in [-0.25, -0.2) is 0 Å². The predicted octanol–water partition coefficient (Wildman–Crippen LogP) is 3.40. The summed E-state index contributed by atoms with van der Waals surface area (Å²) in [7, 11) is 0. The third-order valence-electron chi connectivity index (χ3n) is 5.56. The van der Waals surface area contributed by atoms with Crippen molar-refractivity contribution in [3.05, 3.63) is 0 Å². The molecule has 1 saturated heterocycles. The Bertz CT molecular complexity index is 256. The second-order valence-electron chi connectivity index (χ2n) is 6.95. The zero-order valence-electron chi connectivity index (χ0n) is 12.6. The summed E-state index contributed by atoms with van der Waals surface area (Å²) in [4.78, 5) is 2.82. The third kappa shape index (κ3) is 2.60. The smallest absolute Gasteiger partial charge is 0.0340 e. The highest BCUT2D eigenvalue weighted by Crippen LogP contribution is 2.47. The minimum absolute atomic E-state index is 0.361. The van der Waals surface area contributed by atoms with Crippen molar-refractivity contribution in [1.29, 1.82) is 0 Å². The van der Waals surface area contributed by atoms with Gasteiger partial charge in [-0.2, -0.15) is 0 Å². The molecule has 0 aromatic rings. The van der Waals surface area contributed by atoms with E-state index in [0.717, 1.165) is 24.4 Å². The first-order chi connectivity index (χ1) is 8.63. The van der Waals surface area contributed by atoms with Crippen LogP contribution < -0.4 is 5.73 Å². The molecule has 0 aromatic carbocycles. The summed E-state index contributed by atoms with van der Waals surface area (Å²) in [6.45, 7) is 9.24. The fourth-order valence-corrected chi connectivity index (χ4v) is 4.13. The van der Waals surface area contributed by atoms with Crippen molar-refractivity contribution in [2.75, 3.05) is 13.1 Å². The molecule has 106 valence electrons. The van der Waals surface area contributed by atoms with Gasteiger partial charge in [0.15, 0.2) is 0 Å². The lowest BCUT2D eigenvalue weighted by Gasteiger charge is -2.57. The Morgan fingerprint density at radius 2 is 1.94 bits per heavy atom. The first kappa shape index (κ1) is 14.3. The summed E-state index contributed by atoms with van der Waals surface area (Å²) in [6, 6.07) is 0.796. The number of rotatable bonds is 4. The molecule has 2 fully saturated rings. The van der Waals surface area contributed by atoms with Crippen LogP contribution in [0.2, 0.25) is 0 Å². The summed E-state index contributed by atoms with van der Waals surface area (Å²) in [5.74, 6) is 1.74. The van der Waals surface area contributed by atoms with Gasteiger partial charge in [0.2, 0.25) is 0 Å². The number of hydrogen-bond acceptors (Lipinski definition) is 2. The molecule has 1 aliphatic carbocycles. The van der Waals surface area contributed by atoms with Crippen molar-refractivity contribution >= 4 is 0 Å². The molecule has 0 radical (unpaired) electrons. The maximum absolute atomic E-state index is 6.19. The quantitative estimate of drug-likeness (QED) is 0.831. The third-order valence-corrected chi connectivity index (χ3v) is 5.56. The van der Waals surface area contributed by atoms with Crippen molar-refractivity contribution in [3.8, 4) is 0 Å². The molecule has 1 atom stereocenters. The highest BCUT2D eigenvalue weighted by atomic mass is 15.2. The van der Waals surface area contributed by atoms with Gasteiger partial charge in [-0.15, -0.1) is 0 Å². The van der Waals surface area contributed by atoms with Crippen LogP contribution in [0.4, 0.5) is 0 Å². The normalized spacial score (nSPS) is 38.5. The van der Waals surface area contributed by atoms with Crippen molar-refractivity contribution in [3.63, 3.8) is 0 Å². The Morgan fingerprint density at radius 3 is 2.50 bits per heavy atom. The Hall–Kier alpha value is -0.0800. The first-order valence-corrected chi connectivity index (χ1v) is 8.10. The lowest BCUT2D eigenvalue weighted by Crippen LogP contribution is -2.65. The van der Waals surface area contributed by atoms with Crippen LogP contribution in [0.3, 0.4) is 0 Å². The molecule has 1 saturated carbocycles. The summed E-state index contributed by atoms with van der Waals surface area (Å²) in [5.41, 5.74) is 6.55. The van der Waals surface area contributed by atoms with Gasteiger partial charge in [0.1, 0.15) is 0 Å². The van der Waals surface area contributed by atoms with Crippen LogP contribution in [-0.4, -0.2) is 29.6 Å². The van der Waals surface area contributed by atoms with Gasteiger partial charge < -0.3 is 5.73 Å². The van der Waals surface area contributed by atoms with E-state index in [-0.39, 0.29) is 0 Å². The largest absolute Gasteiger partial charge is 0.329 e. The van der Waals surface area contributed by atoms with Crippen LogP contribution in [0, 0.1) is 11.8 Å². The van der Waals surface area contributed by atoms with Gasteiger partial charge in [-0.05, 0) is 50.5 Å². The lowest BCUT2D eigenvalue weighted by atomic mass is 9.62. The molecule has 0 aromatic heterocycles. The summed E-state index contributed by atoms with van der Waals surface area (Å²) in [5, 5.41) is 0. The highest BCUT2D eigenvalue weighted by Gasteiger charge is 2.49. The molecule has 0 bridgehead atoms. The standard InChI is InChI=1S/C16H32N2/c1-4-15-8-6-5-7-9-18(15)16(12-17)10-14(11-16)13(2)3/h13-15H,4-12,17H2,1-3H3. The van der Waals surface area contributed by atoms with E-state index in [1.807, 2.05) is 0 Å². The van der Waals surface area contributed by atoms with E-state index in [2.05, 4.69) is 25.7 Å². The van der Waals surface area contributed by atoms with Crippen LogP contribution in [0.1, 0.15) is 65.7 Å².